The van der Waals surface area contributed by atoms with Gasteiger partial charge in [-0.15, -0.1) is 11.3 Å². The number of carboxylic acids is 1. The van der Waals surface area contributed by atoms with Crippen LogP contribution in [0.3, 0.4) is 0 Å². The number of H-pyrrole nitrogens is 1. The van der Waals surface area contributed by atoms with Crippen LogP contribution in [-0.4, -0.2) is 34.7 Å². The number of aliphatic imine (C=N–C) groups is 1. The van der Waals surface area contributed by atoms with Crippen molar-refractivity contribution in [2.75, 3.05) is 0 Å². The number of fused-ring (bicyclic) bond motifs is 1. The van der Waals surface area contributed by atoms with Crippen LogP contribution in [0.4, 0.5) is 13.2 Å². The molecule has 0 amide bonds. The number of hydrogen-bond acceptors (Lipinski definition) is 4. The number of thiophene rings is 1. The molecule has 5 nitrogen and oxygen atoms in total. The van der Waals surface area contributed by atoms with Crippen LogP contribution in [0.1, 0.15) is 81.8 Å². The molecule has 0 spiro atoms. The van der Waals surface area contributed by atoms with Gasteiger partial charge in [0.15, 0.2) is 6.29 Å². The molecule has 0 saturated carbocycles. The van der Waals surface area contributed by atoms with Crippen LogP contribution in [-0.2, 0) is 11.2 Å². The van der Waals surface area contributed by atoms with Crippen molar-refractivity contribution in [1.29, 1.82) is 0 Å². The molecule has 2 aliphatic rings. The van der Waals surface area contributed by atoms with E-state index in [-0.39, 0.29) is 0 Å². The summed E-state index contributed by atoms with van der Waals surface area (Å²) in [6.07, 6.45) is 7.41. The van der Waals surface area contributed by atoms with Crippen LogP contribution >= 0.6 is 11.3 Å². The van der Waals surface area contributed by atoms with Crippen molar-refractivity contribution in [3.05, 3.63) is 96.6 Å². The smallest absolute Gasteiger partial charge is 0.475 e. The molecule has 2 N–H and O–H groups in total. The highest BCUT2D eigenvalue weighted by molar-refractivity contribution is 7.14. The molecule has 0 unspecified atom stereocenters. The molecule has 0 fully saturated rings. The Kier molecular flexibility index (Phi) is 9.31. The zero-order valence-corrected chi connectivity index (χ0v) is 24.5. The second kappa shape index (κ2) is 12.7. The number of allylic oxidation sites excluding steroid dienone is 4. The molecule has 0 radical (unpaired) electrons. The van der Waals surface area contributed by atoms with Crippen molar-refractivity contribution < 1.29 is 27.9 Å². The fraction of sp³-hybridized carbons (Fsp3) is 0.242. The molecular formula is C33H31F3N2O3S. The molecule has 1 aromatic carbocycles. The number of aromatic nitrogens is 1. The number of nitrogens with zero attached hydrogens (tertiary/aromatic N) is 1. The number of carbonyl (C=O) groups is 2. The van der Waals surface area contributed by atoms with Crippen LogP contribution < -0.4 is 0 Å². The molecule has 0 bridgehead atoms. The summed E-state index contributed by atoms with van der Waals surface area (Å²) in [5.74, 6) is -2.76. The van der Waals surface area contributed by atoms with Gasteiger partial charge in [0, 0.05) is 22.5 Å². The van der Waals surface area contributed by atoms with E-state index in [9.17, 15) is 18.0 Å². The van der Waals surface area contributed by atoms with Gasteiger partial charge in [-0.1, -0.05) is 38.1 Å². The Hall–Kier alpha value is -4.24. The van der Waals surface area contributed by atoms with Crippen LogP contribution in [0.15, 0.2) is 58.2 Å². The van der Waals surface area contributed by atoms with Gasteiger partial charge in [0.2, 0.25) is 0 Å². The Balaban J connectivity index is 0.000000517. The Morgan fingerprint density at radius 3 is 2.14 bits per heavy atom. The van der Waals surface area contributed by atoms with Crippen molar-refractivity contribution >= 4 is 59.2 Å². The molecule has 1 aliphatic heterocycles. The van der Waals surface area contributed by atoms with Crippen molar-refractivity contribution in [3.8, 4) is 0 Å². The monoisotopic (exact) mass is 592 g/mol. The predicted molar refractivity (Wildman–Crippen MR) is 165 cm³/mol. The number of hydrogen-bond donors (Lipinski definition) is 2. The number of nitrogens with one attached hydrogen (secondary N) is 1. The molecule has 9 heteroatoms. The van der Waals surface area contributed by atoms with E-state index in [1.807, 2.05) is 18.3 Å². The van der Waals surface area contributed by atoms with E-state index in [0.717, 1.165) is 46.7 Å². The fourth-order valence-corrected chi connectivity index (χ4v) is 5.99. The van der Waals surface area contributed by atoms with Crippen molar-refractivity contribution in [2.45, 2.75) is 53.1 Å². The summed E-state index contributed by atoms with van der Waals surface area (Å²) >= 11 is 1.54. The number of aldehydes is 1. The van der Waals surface area contributed by atoms with Gasteiger partial charge in [0.05, 0.1) is 10.6 Å². The third kappa shape index (κ3) is 6.62. The van der Waals surface area contributed by atoms with E-state index in [1.165, 1.54) is 61.6 Å². The minimum atomic E-state index is -5.08. The van der Waals surface area contributed by atoms with Crippen molar-refractivity contribution in [2.24, 2.45) is 4.99 Å². The van der Waals surface area contributed by atoms with E-state index in [2.05, 4.69) is 80.2 Å². The zero-order chi connectivity index (χ0) is 30.6. The van der Waals surface area contributed by atoms with E-state index in [4.69, 9.17) is 9.90 Å². The lowest BCUT2D eigenvalue weighted by Crippen LogP contribution is -2.21. The highest BCUT2D eigenvalue weighted by Crippen LogP contribution is 2.43. The number of carbonyl (C=O) groups excluding carboxylic acids is 1. The third-order valence-electron chi connectivity index (χ3n) is 7.26. The first-order chi connectivity index (χ1) is 20.0. The van der Waals surface area contributed by atoms with Crippen LogP contribution in [0.5, 0.6) is 0 Å². The average Bonchev–Trinajstić information content (AvgIpc) is 3.71. The van der Waals surface area contributed by atoms with Crippen molar-refractivity contribution in [3.63, 3.8) is 0 Å². The molecule has 1 aliphatic carbocycles. The number of aromatic amines is 1. The topological polar surface area (TPSA) is 82.5 Å². The molecule has 3 heterocycles. The van der Waals surface area contributed by atoms with Crippen LogP contribution in [0.2, 0.25) is 0 Å². The van der Waals surface area contributed by atoms with Gasteiger partial charge >= 0.3 is 12.1 Å². The van der Waals surface area contributed by atoms with Gasteiger partial charge in [-0.3, -0.25) is 9.79 Å². The van der Waals surface area contributed by atoms with E-state index in [0.29, 0.717) is 0 Å². The van der Waals surface area contributed by atoms with Gasteiger partial charge in [-0.2, -0.15) is 13.2 Å². The number of halogens is 3. The quantitative estimate of drug-likeness (QED) is 0.280. The summed E-state index contributed by atoms with van der Waals surface area (Å²) < 4.78 is 31.7. The highest BCUT2D eigenvalue weighted by atomic mass is 32.1. The standard InChI is InChI=1S/C31H30N2OS.C2HF3O2/c1-5-25-19(3)17-32-30(25)16-31-26(6-2)20(4)29(33-31)15-22-13-21(27-9-7-8-10-28(22)27)14-23-11-12-24(18-34)35-23;3-2(4,5)1(6)7/h7-12,14-18,33H,5-6,13H2,1-4H3;(H,6,7)/b21-14+,22-15+,30-16-;. The third-order valence-corrected chi connectivity index (χ3v) is 8.22. The predicted octanol–water partition coefficient (Wildman–Crippen LogP) is 9.03. The Labute approximate surface area is 246 Å². The zero-order valence-electron chi connectivity index (χ0n) is 23.7. The first-order valence-corrected chi connectivity index (χ1v) is 14.3. The van der Waals surface area contributed by atoms with E-state index in [1.54, 1.807) is 0 Å². The second-order valence-electron chi connectivity index (χ2n) is 9.93. The number of aliphatic carboxylic acids is 1. The van der Waals surface area contributed by atoms with Gasteiger partial charge in [-0.25, -0.2) is 4.79 Å². The lowest BCUT2D eigenvalue weighted by molar-refractivity contribution is -0.192. The summed E-state index contributed by atoms with van der Waals surface area (Å²) in [7, 11) is 0. The summed E-state index contributed by atoms with van der Waals surface area (Å²) in [4.78, 5) is 30.3. The molecule has 42 heavy (non-hydrogen) atoms. The van der Waals surface area contributed by atoms with Gasteiger partial charge in [0.1, 0.15) is 0 Å². The first-order valence-electron chi connectivity index (χ1n) is 13.5. The van der Waals surface area contributed by atoms with E-state index >= 15 is 0 Å². The van der Waals surface area contributed by atoms with Crippen LogP contribution in [0.25, 0.3) is 29.4 Å². The molecular weight excluding hydrogens is 561 g/mol. The number of rotatable bonds is 6. The maximum atomic E-state index is 11.1. The normalized spacial score (nSPS) is 17.3. The average molecular weight is 593 g/mol. The lowest BCUT2D eigenvalue weighted by Gasteiger charge is -2.03. The maximum absolute atomic E-state index is 11.1. The summed E-state index contributed by atoms with van der Waals surface area (Å²) in [5.41, 5.74) is 13.8. The Morgan fingerprint density at radius 2 is 1.60 bits per heavy atom. The van der Waals surface area contributed by atoms with Crippen molar-refractivity contribution in [1.82, 2.24) is 4.98 Å². The first kappa shape index (κ1) is 30.7. The summed E-state index contributed by atoms with van der Waals surface area (Å²) in [5, 5.41) is 7.12. The maximum Gasteiger partial charge on any atom is 0.490 e. The van der Waals surface area contributed by atoms with Gasteiger partial charge in [0.25, 0.3) is 0 Å². The Morgan fingerprint density at radius 1 is 0.976 bits per heavy atom. The Bertz CT molecular complexity index is 1680. The minimum Gasteiger partial charge on any atom is -0.475 e. The molecule has 2 aromatic heterocycles. The lowest BCUT2D eigenvalue weighted by atomic mass is 10.0. The minimum absolute atomic E-state index is 0.762. The van der Waals surface area contributed by atoms with Gasteiger partial charge in [-0.05, 0) is 108 Å². The number of carboxylic acid groups (broad SMARTS) is 1. The second-order valence-corrected chi connectivity index (χ2v) is 11.1. The summed E-state index contributed by atoms with van der Waals surface area (Å²) in [6.45, 7) is 8.76. The largest absolute Gasteiger partial charge is 0.490 e. The van der Waals surface area contributed by atoms with Gasteiger partial charge < -0.3 is 10.1 Å². The molecule has 5 rings (SSSR count). The summed E-state index contributed by atoms with van der Waals surface area (Å²) in [6, 6.07) is 12.5. The highest BCUT2D eigenvalue weighted by Gasteiger charge is 2.38. The SMILES string of the molecule is CCC1=C(C)C=N/C1=C\c1[nH]c(/C=C2\C/C(=C\c3ccc(C=O)s3)c3ccccc32)c(C)c1CC.O=C(O)C(F)(F)F. The number of alkyl halides is 3. The molecule has 0 saturated heterocycles. The van der Waals surface area contributed by atoms with E-state index < -0.39 is 12.1 Å². The molecule has 3 aromatic rings. The molecule has 0 atom stereocenters. The fourth-order valence-electron chi connectivity index (χ4n) is 5.20. The molecule has 218 valence electrons. The number of benzene rings is 1. The van der Waals surface area contributed by atoms with Crippen LogP contribution in [0, 0.1) is 6.92 Å².